The van der Waals surface area contributed by atoms with Gasteiger partial charge in [-0.2, -0.15) is 0 Å². The highest BCUT2D eigenvalue weighted by atomic mass is 19.1. The molecule has 0 bridgehead atoms. The number of alkyl halides is 1. The van der Waals surface area contributed by atoms with E-state index in [1.807, 2.05) is 55.5 Å². The van der Waals surface area contributed by atoms with Gasteiger partial charge in [-0.3, -0.25) is 0 Å². The van der Waals surface area contributed by atoms with Crippen molar-refractivity contribution in [2.45, 2.75) is 25.4 Å². The molecule has 0 fully saturated rings. The summed E-state index contributed by atoms with van der Waals surface area (Å²) in [6.45, 7) is 6.03. The van der Waals surface area contributed by atoms with E-state index in [0.29, 0.717) is 18.4 Å². The summed E-state index contributed by atoms with van der Waals surface area (Å²) in [6, 6.07) is 15.9. The van der Waals surface area contributed by atoms with Crippen molar-refractivity contribution in [3.8, 4) is 0 Å². The van der Waals surface area contributed by atoms with E-state index in [1.165, 1.54) is 5.56 Å². The molecule has 0 spiro atoms. The first-order valence-corrected chi connectivity index (χ1v) is 6.61. The monoisotopic (exact) mass is 252 g/mol. The average molecular weight is 252 g/mol. The Morgan fingerprint density at radius 3 is 2.47 bits per heavy atom. The number of benzene rings is 2. The van der Waals surface area contributed by atoms with Crippen LogP contribution in [0.1, 0.15) is 22.3 Å². The Morgan fingerprint density at radius 2 is 1.79 bits per heavy atom. The van der Waals surface area contributed by atoms with E-state index < -0.39 is 5.67 Å². The lowest BCUT2D eigenvalue weighted by molar-refractivity contribution is 0.250. The van der Waals surface area contributed by atoms with Crippen molar-refractivity contribution in [1.82, 2.24) is 0 Å². The average Bonchev–Trinajstić information content (AvgIpc) is 2.65. The zero-order valence-electron chi connectivity index (χ0n) is 11.1. The molecular weight excluding hydrogens is 235 g/mol. The van der Waals surface area contributed by atoms with Gasteiger partial charge >= 0.3 is 0 Å². The molecule has 0 unspecified atom stereocenters. The minimum absolute atomic E-state index is 0.404. The van der Waals surface area contributed by atoms with Crippen molar-refractivity contribution in [3.63, 3.8) is 0 Å². The second kappa shape index (κ2) is 4.34. The second-order valence-electron chi connectivity index (χ2n) is 5.44. The van der Waals surface area contributed by atoms with E-state index in [4.69, 9.17) is 0 Å². The molecule has 0 nitrogen and oxygen atoms in total. The number of allylic oxidation sites excluding steroid dienone is 1. The Hall–Kier alpha value is -1.89. The summed E-state index contributed by atoms with van der Waals surface area (Å²) in [5.41, 5.74) is 3.58. The minimum atomic E-state index is -1.33. The number of aryl methyl sites for hydroxylation is 1. The van der Waals surface area contributed by atoms with E-state index in [2.05, 4.69) is 6.58 Å². The molecule has 3 rings (SSSR count). The third-order valence-electron chi connectivity index (χ3n) is 3.96. The molecule has 1 aliphatic rings. The summed E-state index contributed by atoms with van der Waals surface area (Å²) in [7, 11) is 0. The lowest BCUT2D eigenvalue weighted by atomic mass is 9.90. The van der Waals surface area contributed by atoms with Crippen molar-refractivity contribution in [2.24, 2.45) is 0 Å². The molecule has 0 aromatic heterocycles. The van der Waals surface area contributed by atoms with Gasteiger partial charge in [-0.05, 0) is 29.2 Å². The summed E-state index contributed by atoms with van der Waals surface area (Å²) in [6.07, 6.45) is 0.844. The maximum absolute atomic E-state index is 15.2. The van der Waals surface area contributed by atoms with E-state index in [1.54, 1.807) is 0 Å². The topological polar surface area (TPSA) is 0 Å². The van der Waals surface area contributed by atoms with Gasteiger partial charge in [0.05, 0.1) is 0 Å². The first kappa shape index (κ1) is 12.2. The molecular formula is C18H17F. The van der Waals surface area contributed by atoms with Gasteiger partial charge in [0.1, 0.15) is 5.67 Å². The van der Waals surface area contributed by atoms with Crippen LogP contribution < -0.4 is 0 Å². The quantitative estimate of drug-likeness (QED) is 0.737. The highest BCUT2D eigenvalue weighted by Gasteiger charge is 2.40. The van der Waals surface area contributed by atoms with Crippen LogP contribution in [0.5, 0.6) is 0 Å². The summed E-state index contributed by atoms with van der Waals surface area (Å²) in [4.78, 5) is 0. The fourth-order valence-corrected chi connectivity index (χ4v) is 2.82. The van der Waals surface area contributed by atoms with E-state index in [0.717, 1.165) is 16.7 Å². The SMILES string of the molecule is C=C1c2ccccc2C[C@]1(F)Cc1ccc(C)cc1. The van der Waals surface area contributed by atoms with Gasteiger partial charge in [-0.1, -0.05) is 60.7 Å². The molecule has 0 radical (unpaired) electrons. The van der Waals surface area contributed by atoms with Crippen LogP contribution in [-0.4, -0.2) is 5.67 Å². The number of hydrogen-bond acceptors (Lipinski definition) is 0. The van der Waals surface area contributed by atoms with Crippen LogP contribution in [0.3, 0.4) is 0 Å². The number of fused-ring (bicyclic) bond motifs is 1. The summed E-state index contributed by atoms with van der Waals surface area (Å²) in [5, 5.41) is 0. The maximum atomic E-state index is 15.2. The second-order valence-corrected chi connectivity index (χ2v) is 5.44. The van der Waals surface area contributed by atoms with Gasteiger partial charge in [0, 0.05) is 12.8 Å². The molecule has 19 heavy (non-hydrogen) atoms. The Bertz CT molecular complexity index is 624. The third kappa shape index (κ3) is 2.10. The molecule has 0 saturated heterocycles. The highest BCUT2D eigenvalue weighted by Crippen LogP contribution is 2.43. The summed E-state index contributed by atoms with van der Waals surface area (Å²) < 4.78 is 15.2. The Kier molecular flexibility index (Phi) is 2.78. The van der Waals surface area contributed by atoms with Crippen LogP contribution in [0.15, 0.2) is 55.1 Å². The molecule has 0 N–H and O–H groups in total. The number of rotatable bonds is 2. The molecule has 2 aromatic carbocycles. The molecule has 1 heteroatoms. The standard InChI is InChI=1S/C18H17F/c1-13-7-9-15(10-8-13)11-18(19)12-16-5-3-4-6-17(16)14(18)2/h3-10H,2,11-12H2,1H3/t18-/m1/s1. The third-order valence-corrected chi connectivity index (χ3v) is 3.96. The fourth-order valence-electron chi connectivity index (χ4n) is 2.82. The highest BCUT2D eigenvalue weighted by molar-refractivity contribution is 5.78. The minimum Gasteiger partial charge on any atom is -0.238 e. The van der Waals surface area contributed by atoms with Crippen LogP contribution in [-0.2, 0) is 12.8 Å². The van der Waals surface area contributed by atoms with Gasteiger partial charge in [0.25, 0.3) is 0 Å². The molecule has 0 saturated carbocycles. The summed E-state index contributed by atoms with van der Waals surface area (Å²) in [5.74, 6) is 0. The predicted molar refractivity (Wildman–Crippen MR) is 77.9 cm³/mol. The fraction of sp³-hybridized carbons (Fsp3) is 0.222. The molecule has 1 atom stereocenters. The number of hydrogen-bond donors (Lipinski definition) is 0. The van der Waals surface area contributed by atoms with Gasteiger partial charge in [0.15, 0.2) is 0 Å². The smallest absolute Gasteiger partial charge is 0.144 e. The predicted octanol–water partition coefficient (Wildman–Crippen LogP) is 4.52. The van der Waals surface area contributed by atoms with E-state index in [-0.39, 0.29) is 0 Å². The van der Waals surface area contributed by atoms with Crippen LogP contribution in [0.4, 0.5) is 4.39 Å². The molecule has 2 aromatic rings. The first-order chi connectivity index (χ1) is 9.08. The molecule has 0 heterocycles. The van der Waals surface area contributed by atoms with Crippen LogP contribution in [0, 0.1) is 6.92 Å². The lowest BCUT2D eigenvalue weighted by Gasteiger charge is -2.21. The first-order valence-electron chi connectivity index (χ1n) is 6.61. The molecule has 96 valence electrons. The Labute approximate surface area is 113 Å². The van der Waals surface area contributed by atoms with Gasteiger partial charge in [-0.15, -0.1) is 0 Å². The van der Waals surface area contributed by atoms with Crippen molar-refractivity contribution in [1.29, 1.82) is 0 Å². The zero-order chi connectivity index (χ0) is 13.5. The van der Waals surface area contributed by atoms with E-state index in [9.17, 15) is 0 Å². The van der Waals surface area contributed by atoms with Crippen LogP contribution >= 0.6 is 0 Å². The Morgan fingerprint density at radius 1 is 1.11 bits per heavy atom. The van der Waals surface area contributed by atoms with E-state index >= 15 is 4.39 Å². The van der Waals surface area contributed by atoms with Crippen molar-refractivity contribution in [3.05, 3.63) is 77.4 Å². The van der Waals surface area contributed by atoms with Gasteiger partial charge in [0.2, 0.25) is 0 Å². The normalized spacial score (nSPS) is 21.5. The lowest BCUT2D eigenvalue weighted by Crippen LogP contribution is -2.25. The Balaban J connectivity index is 1.90. The van der Waals surface area contributed by atoms with Gasteiger partial charge < -0.3 is 0 Å². The molecule has 0 aliphatic heterocycles. The van der Waals surface area contributed by atoms with Crippen LogP contribution in [0.2, 0.25) is 0 Å². The van der Waals surface area contributed by atoms with Gasteiger partial charge in [-0.25, -0.2) is 4.39 Å². The summed E-state index contributed by atoms with van der Waals surface area (Å²) >= 11 is 0. The van der Waals surface area contributed by atoms with Crippen molar-refractivity contribution in [2.75, 3.05) is 0 Å². The molecule has 1 aliphatic carbocycles. The largest absolute Gasteiger partial charge is 0.238 e. The number of halogens is 1. The maximum Gasteiger partial charge on any atom is 0.144 e. The van der Waals surface area contributed by atoms with Crippen LogP contribution in [0.25, 0.3) is 5.57 Å². The van der Waals surface area contributed by atoms with Crippen molar-refractivity contribution < 1.29 is 4.39 Å². The zero-order valence-corrected chi connectivity index (χ0v) is 11.1. The molecule has 0 amide bonds. The van der Waals surface area contributed by atoms with Crippen molar-refractivity contribution >= 4 is 5.57 Å².